The molecule has 0 bridgehead atoms. The predicted molar refractivity (Wildman–Crippen MR) is 70.7 cm³/mol. The molecule has 112 valence electrons. The molecular weight excluding hydrogens is 283 g/mol. The van der Waals surface area contributed by atoms with E-state index < -0.39 is 17.8 Å². The molecule has 0 aliphatic heterocycles. The van der Waals surface area contributed by atoms with Gasteiger partial charge in [0.25, 0.3) is 0 Å². The predicted octanol–water partition coefficient (Wildman–Crippen LogP) is 2.75. The fraction of sp³-hybridized carbons (Fsp3) is 0.286. The van der Waals surface area contributed by atoms with Crippen LogP contribution in [-0.4, -0.2) is 17.1 Å². The minimum absolute atomic E-state index is 0.292. The second kappa shape index (κ2) is 6.09. The number of hydrogen-bond donors (Lipinski definition) is 1. The summed E-state index contributed by atoms with van der Waals surface area (Å²) in [7, 11) is 1.47. The van der Waals surface area contributed by atoms with Crippen LogP contribution in [-0.2, 0) is 12.6 Å². The highest BCUT2D eigenvalue weighted by Gasteiger charge is 2.30. The van der Waals surface area contributed by atoms with Crippen molar-refractivity contribution in [3.63, 3.8) is 0 Å². The van der Waals surface area contributed by atoms with Crippen molar-refractivity contribution < 1.29 is 17.9 Å². The van der Waals surface area contributed by atoms with E-state index in [1.54, 1.807) is 12.1 Å². The van der Waals surface area contributed by atoms with E-state index in [2.05, 4.69) is 9.97 Å². The summed E-state index contributed by atoms with van der Waals surface area (Å²) >= 11 is 0. The number of hydrogen-bond acceptors (Lipinski definition) is 4. The number of alkyl halides is 3. The molecule has 0 aliphatic rings. The Morgan fingerprint density at radius 3 is 2.67 bits per heavy atom. The van der Waals surface area contributed by atoms with Crippen molar-refractivity contribution in [2.75, 3.05) is 7.11 Å². The van der Waals surface area contributed by atoms with Crippen LogP contribution in [0.3, 0.4) is 0 Å². The molecule has 2 aromatic rings. The lowest BCUT2D eigenvalue weighted by Crippen LogP contribution is -2.15. The first-order valence-corrected chi connectivity index (χ1v) is 6.18. The zero-order valence-electron chi connectivity index (χ0n) is 11.3. The first kappa shape index (κ1) is 15.2. The number of methoxy groups -OCH3 is 1. The molecule has 1 unspecified atom stereocenters. The normalized spacial score (nSPS) is 13.0. The minimum Gasteiger partial charge on any atom is -0.481 e. The van der Waals surface area contributed by atoms with Gasteiger partial charge in [-0.3, -0.25) is 0 Å². The van der Waals surface area contributed by atoms with E-state index in [0.717, 1.165) is 12.1 Å². The first-order chi connectivity index (χ1) is 9.90. The molecular formula is C14H14F3N3O. The summed E-state index contributed by atoms with van der Waals surface area (Å²) in [6.07, 6.45) is -2.76. The Hall–Kier alpha value is -2.15. The highest BCUT2D eigenvalue weighted by Crippen LogP contribution is 2.30. The number of nitrogens with zero attached hydrogens (tertiary/aromatic N) is 2. The van der Waals surface area contributed by atoms with Crippen LogP contribution in [0.1, 0.15) is 22.9 Å². The fourth-order valence-electron chi connectivity index (χ4n) is 1.89. The third-order valence-corrected chi connectivity index (χ3v) is 2.98. The molecule has 4 nitrogen and oxygen atoms in total. The third-order valence-electron chi connectivity index (χ3n) is 2.98. The summed E-state index contributed by atoms with van der Waals surface area (Å²) in [5.74, 6) is 0.385. The van der Waals surface area contributed by atoms with Gasteiger partial charge >= 0.3 is 6.18 Å². The second-order valence-electron chi connectivity index (χ2n) is 4.49. The molecule has 1 aromatic heterocycles. The van der Waals surface area contributed by atoms with Gasteiger partial charge in [-0.25, -0.2) is 9.97 Å². The maximum Gasteiger partial charge on any atom is 0.416 e. The quantitative estimate of drug-likeness (QED) is 0.942. The molecule has 2 N–H and O–H groups in total. The lowest BCUT2D eigenvalue weighted by Gasteiger charge is -2.14. The zero-order valence-corrected chi connectivity index (χ0v) is 11.3. The smallest absolute Gasteiger partial charge is 0.416 e. The third kappa shape index (κ3) is 3.91. The number of ether oxygens (including phenoxy) is 1. The number of halogens is 3. The lowest BCUT2D eigenvalue weighted by molar-refractivity contribution is -0.137. The Morgan fingerprint density at radius 1 is 1.24 bits per heavy atom. The molecule has 0 saturated carbocycles. The van der Waals surface area contributed by atoms with E-state index in [0.29, 0.717) is 23.6 Å². The van der Waals surface area contributed by atoms with Gasteiger partial charge in [-0.2, -0.15) is 13.2 Å². The van der Waals surface area contributed by atoms with E-state index in [1.165, 1.54) is 19.5 Å². The van der Waals surface area contributed by atoms with Crippen LogP contribution in [0.25, 0.3) is 0 Å². The van der Waals surface area contributed by atoms with E-state index in [9.17, 15) is 13.2 Å². The summed E-state index contributed by atoms with van der Waals surface area (Å²) in [6, 6.07) is 6.00. The number of rotatable bonds is 4. The fourth-order valence-corrected chi connectivity index (χ4v) is 1.89. The largest absolute Gasteiger partial charge is 0.481 e. The molecule has 0 spiro atoms. The van der Waals surface area contributed by atoms with Crippen molar-refractivity contribution in [2.24, 2.45) is 5.73 Å². The van der Waals surface area contributed by atoms with Gasteiger partial charge < -0.3 is 10.5 Å². The van der Waals surface area contributed by atoms with Crippen molar-refractivity contribution in [1.29, 1.82) is 0 Å². The van der Waals surface area contributed by atoms with Crippen LogP contribution < -0.4 is 10.5 Å². The van der Waals surface area contributed by atoms with Gasteiger partial charge in [0.1, 0.15) is 6.33 Å². The average Bonchev–Trinajstić information content (AvgIpc) is 2.46. The van der Waals surface area contributed by atoms with E-state index in [4.69, 9.17) is 10.5 Å². The summed E-state index contributed by atoms with van der Waals surface area (Å²) in [5.41, 5.74) is 6.26. The summed E-state index contributed by atoms with van der Waals surface area (Å²) in [6.45, 7) is 0. The second-order valence-corrected chi connectivity index (χ2v) is 4.49. The van der Waals surface area contributed by atoms with E-state index >= 15 is 0 Å². The van der Waals surface area contributed by atoms with Gasteiger partial charge in [-0.05, 0) is 17.7 Å². The molecule has 0 saturated heterocycles. The van der Waals surface area contributed by atoms with Gasteiger partial charge in [0, 0.05) is 24.2 Å². The molecule has 1 heterocycles. The Morgan fingerprint density at radius 2 is 2.00 bits per heavy atom. The summed E-state index contributed by atoms with van der Waals surface area (Å²) in [4.78, 5) is 7.89. The van der Waals surface area contributed by atoms with Crippen LogP contribution in [0.2, 0.25) is 0 Å². The van der Waals surface area contributed by atoms with Crippen LogP contribution in [0.5, 0.6) is 5.88 Å². The Balaban J connectivity index is 2.18. The number of benzene rings is 1. The average molecular weight is 297 g/mol. The highest BCUT2D eigenvalue weighted by atomic mass is 19.4. The summed E-state index contributed by atoms with van der Waals surface area (Å²) < 4.78 is 43.0. The van der Waals surface area contributed by atoms with Gasteiger partial charge in [0.15, 0.2) is 0 Å². The van der Waals surface area contributed by atoms with Gasteiger partial charge in [-0.1, -0.05) is 12.1 Å². The number of nitrogens with two attached hydrogens (primary N) is 1. The van der Waals surface area contributed by atoms with Crippen molar-refractivity contribution in [2.45, 2.75) is 18.6 Å². The highest BCUT2D eigenvalue weighted by molar-refractivity contribution is 5.29. The Labute approximate surface area is 119 Å². The maximum atomic E-state index is 12.7. The molecule has 0 amide bonds. The van der Waals surface area contributed by atoms with Gasteiger partial charge in [0.05, 0.1) is 12.7 Å². The van der Waals surface area contributed by atoms with E-state index in [1.807, 2.05) is 0 Å². The van der Waals surface area contributed by atoms with Crippen LogP contribution >= 0.6 is 0 Å². The molecule has 1 aromatic carbocycles. The monoisotopic (exact) mass is 297 g/mol. The SMILES string of the molecule is COc1cc(CC(N)c2cccc(C(F)(F)F)c2)ncn1. The molecule has 2 rings (SSSR count). The first-order valence-electron chi connectivity index (χ1n) is 6.18. The van der Waals surface area contributed by atoms with Gasteiger partial charge in [0.2, 0.25) is 5.88 Å². The standard InChI is InChI=1S/C14H14F3N3O/c1-21-13-7-11(19-8-20-13)6-12(18)9-3-2-4-10(5-9)14(15,16)17/h2-5,7-8,12H,6,18H2,1H3. The molecule has 7 heteroatoms. The molecule has 1 atom stereocenters. The Kier molecular flexibility index (Phi) is 4.42. The molecule has 0 aliphatic carbocycles. The van der Waals surface area contributed by atoms with Crippen LogP contribution in [0, 0.1) is 0 Å². The van der Waals surface area contributed by atoms with Crippen molar-refractivity contribution in [3.8, 4) is 5.88 Å². The van der Waals surface area contributed by atoms with Crippen molar-refractivity contribution in [3.05, 3.63) is 53.5 Å². The van der Waals surface area contributed by atoms with E-state index in [-0.39, 0.29) is 0 Å². The topological polar surface area (TPSA) is 61.0 Å². The molecule has 0 radical (unpaired) electrons. The minimum atomic E-state index is -4.38. The molecule has 0 fully saturated rings. The van der Waals surface area contributed by atoms with Crippen molar-refractivity contribution >= 4 is 0 Å². The van der Waals surface area contributed by atoms with Gasteiger partial charge in [-0.15, -0.1) is 0 Å². The lowest BCUT2D eigenvalue weighted by atomic mass is 10.0. The zero-order chi connectivity index (χ0) is 15.5. The van der Waals surface area contributed by atoms with Crippen LogP contribution in [0.4, 0.5) is 13.2 Å². The number of aromatic nitrogens is 2. The van der Waals surface area contributed by atoms with Crippen molar-refractivity contribution in [1.82, 2.24) is 9.97 Å². The van der Waals surface area contributed by atoms with Crippen LogP contribution in [0.15, 0.2) is 36.7 Å². The summed E-state index contributed by atoms with van der Waals surface area (Å²) in [5, 5.41) is 0. The Bertz CT molecular complexity index is 616. The maximum absolute atomic E-state index is 12.7. The molecule has 21 heavy (non-hydrogen) atoms.